The molecule has 4 heteroatoms. The first kappa shape index (κ1) is 14.1. The smallest absolute Gasteiger partial charge is 0.173 e. The molecule has 0 atom stereocenters. The van der Waals surface area contributed by atoms with Crippen LogP contribution in [0.15, 0.2) is 47.4 Å². The van der Waals surface area contributed by atoms with Gasteiger partial charge >= 0.3 is 0 Å². The standard InChI is InChI=1S/C15H12ClFOS/c1-10-6-7-11(17)8-12(10)14(18)9-19-15-5-3-2-4-13(15)16/h2-8H,9H2,1H3. The fraction of sp³-hybridized carbons (Fsp3) is 0.133. The highest BCUT2D eigenvalue weighted by molar-refractivity contribution is 8.00. The Morgan fingerprint density at radius 2 is 2.00 bits per heavy atom. The van der Waals surface area contributed by atoms with E-state index >= 15 is 0 Å². The third-order valence-electron chi connectivity index (χ3n) is 2.70. The summed E-state index contributed by atoms with van der Waals surface area (Å²) < 4.78 is 13.2. The van der Waals surface area contributed by atoms with Gasteiger partial charge < -0.3 is 0 Å². The largest absolute Gasteiger partial charge is 0.293 e. The van der Waals surface area contributed by atoms with Crippen LogP contribution in [0.5, 0.6) is 0 Å². The van der Waals surface area contributed by atoms with Gasteiger partial charge in [0.25, 0.3) is 0 Å². The molecule has 0 heterocycles. The third kappa shape index (κ3) is 3.58. The number of carbonyl (C=O) groups is 1. The van der Waals surface area contributed by atoms with Crippen LogP contribution in [-0.2, 0) is 0 Å². The Labute approximate surface area is 120 Å². The summed E-state index contributed by atoms with van der Waals surface area (Å²) in [4.78, 5) is 12.9. The second kappa shape index (κ2) is 6.22. The number of rotatable bonds is 4. The van der Waals surface area contributed by atoms with Crippen LogP contribution in [-0.4, -0.2) is 11.5 Å². The maximum absolute atomic E-state index is 13.2. The molecule has 2 aromatic rings. The number of halogens is 2. The molecule has 0 N–H and O–H groups in total. The Morgan fingerprint density at radius 3 is 2.74 bits per heavy atom. The lowest BCUT2D eigenvalue weighted by Crippen LogP contribution is -2.05. The van der Waals surface area contributed by atoms with Crippen LogP contribution in [0.2, 0.25) is 5.02 Å². The summed E-state index contributed by atoms with van der Waals surface area (Å²) in [5.41, 5.74) is 1.21. The second-order valence-electron chi connectivity index (χ2n) is 4.10. The highest BCUT2D eigenvalue weighted by Gasteiger charge is 2.11. The summed E-state index contributed by atoms with van der Waals surface area (Å²) in [6, 6.07) is 11.6. The molecule has 0 saturated carbocycles. The van der Waals surface area contributed by atoms with Gasteiger partial charge in [0, 0.05) is 10.5 Å². The molecule has 0 aliphatic heterocycles. The van der Waals surface area contributed by atoms with Gasteiger partial charge in [0.1, 0.15) is 5.82 Å². The zero-order valence-corrected chi connectivity index (χ0v) is 11.9. The number of carbonyl (C=O) groups excluding carboxylic acids is 1. The van der Waals surface area contributed by atoms with E-state index in [0.29, 0.717) is 10.6 Å². The van der Waals surface area contributed by atoms with E-state index < -0.39 is 5.82 Å². The first-order valence-electron chi connectivity index (χ1n) is 5.74. The lowest BCUT2D eigenvalue weighted by atomic mass is 10.1. The summed E-state index contributed by atoms with van der Waals surface area (Å²) in [5, 5.41) is 0.622. The number of hydrogen-bond acceptors (Lipinski definition) is 2. The zero-order valence-electron chi connectivity index (χ0n) is 10.3. The van der Waals surface area contributed by atoms with Crippen molar-refractivity contribution in [3.05, 3.63) is 64.4 Å². The maximum Gasteiger partial charge on any atom is 0.173 e. The normalized spacial score (nSPS) is 10.5. The average Bonchev–Trinajstić information content (AvgIpc) is 2.40. The molecule has 0 amide bonds. The highest BCUT2D eigenvalue weighted by atomic mass is 35.5. The van der Waals surface area contributed by atoms with E-state index in [0.717, 1.165) is 10.5 Å². The molecule has 0 saturated heterocycles. The van der Waals surface area contributed by atoms with Gasteiger partial charge in [-0.2, -0.15) is 0 Å². The van der Waals surface area contributed by atoms with E-state index in [4.69, 9.17) is 11.6 Å². The molecule has 0 radical (unpaired) electrons. The lowest BCUT2D eigenvalue weighted by molar-refractivity contribution is 0.102. The van der Waals surface area contributed by atoms with Crippen molar-refractivity contribution in [3.8, 4) is 0 Å². The minimum absolute atomic E-state index is 0.0954. The second-order valence-corrected chi connectivity index (χ2v) is 5.53. The molecule has 0 unspecified atom stereocenters. The Morgan fingerprint density at radius 1 is 1.26 bits per heavy atom. The van der Waals surface area contributed by atoms with E-state index in [1.165, 1.54) is 23.9 Å². The van der Waals surface area contributed by atoms with Gasteiger partial charge in [0.2, 0.25) is 0 Å². The van der Waals surface area contributed by atoms with Gasteiger partial charge in [0.15, 0.2) is 5.78 Å². The Balaban J connectivity index is 2.10. The lowest BCUT2D eigenvalue weighted by Gasteiger charge is -2.06. The van der Waals surface area contributed by atoms with E-state index in [1.54, 1.807) is 19.1 Å². The predicted molar refractivity (Wildman–Crippen MR) is 77.6 cm³/mol. The summed E-state index contributed by atoms with van der Waals surface area (Å²) >= 11 is 7.38. The molecule has 0 bridgehead atoms. The molecule has 0 fully saturated rings. The number of Topliss-reactive ketones (excluding diaryl/α,β-unsaturated/α-hetero) is 1. The van der Waals surface area contributed by atoms with Crippen molar-refractivity contribution in [2.45, 2.75) is 11.8 Å². The Kier molecular flexibility index (Phi) is 4.61. The van der Waals surface area contributed by atoms with Crippen LogP contribution >= 0.6 is 23.4 Å². The molecule has 0 aromatic heterocycles. The molecule has 2 rings (SSSR count). The fourth-order valence-electron chi connectivity index (χ4n) is 1.68. The molecular weight excluding hydrogens is 283 g/mol. The molecule has 2 aromatic carbocycles. The molecule has 0 aliphatic carbocycles. The predicted octanol–water partition coefficient (Wildman–Crippen LogP) is 4.76. The van der Waals surface area contributed by atoms with Gasteiger partial charge in [0.05, 0.1) is 10.8 Å². The third-order valence-corrected chi connectivity index (χ3v) is 4.21. The quantitative estimate of drug-likeness (QED) is 0.597. The van der Waals surface area contributed by atoms with Crippen molar-refractivity contribution in [1.29, 1.82) is 0 Å². The van der Waals surface area contributed by atoms with E-state index in [1.807, 2.05) is 18.2 Å². The van der Waals surface area contributed by atoms with Gasteiger partial charge in [-0.1, -0.05) is 29.8 Å². The van der Waals surface area contributed by atoms with Gasteiger partial charge in [-0.25, -0.2) is 4.39 Å². The van der Waals surface area contributed by atoms with E-state index in [-0.39, 0.29) is 11.5 Å². The number of ketones is 1. The summed E-state index contributed by atoms with van der Waals surface area (Å²) in [5.74, 6) is -0.243. The molecule has 19 heavy (non-hydrogen) atoms. The van der Waals surface area contributed by atoms with Crippen molar-refractivity contribution in [2.24, 2.45) is 0 Å². The molecule has 1 nitrogen and oxygen atoms in total. The molecule has 0 aliphatic rings. The zero-order chi connectivity index (χ0) is 13.8. The van der Waals surface area contributed by atoms with Crippen LogP contribution < -0.4 is 0 Å². The molecular formula is C15H12ClFOS. The number of aryl methyl sites for hydroxylation is 1. The van der Waals surface area contributed by atoms with Crippen LogP contribution in [0.4, 0.5) is 4.39 Å². The van der Waals surface area contributed by atoms with Gasteiger partial charge in [-0.3, -0.25) is 4.79 Å². The number of hydrogen-bond donors (Lipinski definition) is 0. The maximum atomic E-state index is 13.2. The SMILES string of the molecule is Cc1ccc(F)cc1C(=O)CSc1ccccc1Cl. The van der Waals surface area contributed by atoms with Gasteiger partial charge in [-0.05, 0) is 36.8 Å². The fourth-order valence-corrected chi connectivity index (χ4v) is 2.80. The summed E-state index contributed by atoms with van der Waals surface area (Å²) in [6.07, 6.45) is 0. The minimum atomic E-state index is -0.392. The van der Waals surface area contributed by atoms with Crippen LogP contribution in [0.25, 0.3) is 0 Å². The van der Waals surface area contributed by atoms with Crippen LogP contribution in [0.3, 0.4) is 0 Å². The van der Waals surface area contributed by atoms with Crippen LogP contribution in [0, 0.1) is 12.7 Å². The van der Waals surface area contributed by atoms with E-state index in [9.17, 15) is 9.18 Å². The van der Waals surface area contributed by atoms with Crippen molar-refractivity contribution < 1.29 is 9.18 Å². The summed E-state index contributed by atoms with van der Waals surface area (Å²) in [7, 11) is 0. The first-order chi connectivity index (χ1) is 9.08. The van der Waals surface area contributed by atoms with Crippen molar-refractivity contribution in [1.82, 2.24) is 0 Å². The summed E-state index contributed by atoms with van der Waals surface area (Å²) in [6.45, 7) is 1.80. The van der Waals surface area contributed by atoms with Gasteiger partial charge in [-0.15, -0.1) is 11.8 Å². The van der Waals surface area contributed by atoms with Crippen LogP contribution in [0.1, 0.15) is 15.9 Å². The molecule has 98 valence electrons. The monoisotopic (exact) mass is 294 g/mol. The first-order valence-corrected chi connectivity index (χ1v) is 7.11. The molecule has 0 spiro atoms. The van der Waals surface area contributed by atoms with E-state index in [2.05, 4.69) is 0 Å². The Bertz CT molecular complexity index is 613. The highest BCUT2D eigenvalue weighted by Crippen LogP contribution is 2.27. The van der Waals surface area contributed by atoms with Crippen molar-refractivity contribution >= 4 is 29.1 Å². The topological polar surface area (TPSA) is 17.1 Å². The van der Waals surface area contributed by atoms with Crippen molar-refractivity contribution in [2.75, 3.05) is 5.75 Å². The Hall–Kier alpha value is -1.32. The average molecular weight is 295 g/mol. The number of benzene rings is 2. The minimum Gasteiger partial charge on any atom is -0.293 e. The van der Waals surface area contributed by atoms with Crippen molar-refractivity contribution in [3.63, 3.8) is 0 Å². The number of thioether (sulfide) groups is 1.